The molecule has 0 unspecified atom stereocenters. The normalized spacial score (nSPS) is 11.7. The van der Waals surface area contributed by atoms with Crippen LogP contribution in [0, 0.1) is 11.8 Å². The molecule has 0 saturated heterocycles. The summed E-state index contributed by atoms with van der Waals surface area (Å²) in [5.74, 6) is 1.90. The van der Waals surface area contributed by atoms with Gasteiger partial charge in [0.25, 0.3) is 0 Å². The van der Waals surface area contributed by atoms with Gasteiger partial charge in [-0.15, -0.1) is 0 Å². The molecule has 0 heterocycles. The van der Waals surface area contributed by atoms with Crippen molar-refractivity contribution in [3.8, 4) is 0 Å². The molecule has 0 aromatic carbocycles. The van der Waals surface area contributed by atoms with Crippen LogP contribution < -0.4 is 0 Å². The van der Waals surface area contributed by atoms with Crippen molar-refractivity contribution in [1.82, 2.24) is 0 Å². The zero-order valence-electron chi connectivity index (χ0n) is 14.3. The van der Waals surface area contributed by atoms with E-state index in [1.807, 2.05) is 0 Å². The summed E-state index contributed by atoms with van der Waals surface area (Å²) in [6.07, 6.45) is 18.9. The summed E-state index contributed by atoms with van der Waals surface area (Å²) in [5, 5.41) is 0. The molecule has 0 rings (SSSR count). The Bertz CT molecular complexity index is 145. The maximum Gasteiger partial charge on any atom is -0.0412 e. The van der Waals surface area contributed by atoms with Gasteiger partial charge in [0.05, 0.1) is 0 Å². The van der Waals surface area contributed by atoms with Crippen molar-refractivity contribution in [2.45, 2.75) is 111 Å². The van der Waals surface area contributed by atoms with Gasteiger partial charge in [0.2, 0.25) is 0 Å². The van der Waals surface area contributed by atoms with Gasteiger partial charge in [-0.25, -0.2) is 0 Å². The average molecular weight is 269 g/mol. The van der Waals surface area contributed by atoms with Crippen LogP contribution in [0.5, 0.6) is 0 Å². The minimum absolute atomic E-state index is 0.885. The molecule has 0 amide bonds. The highest BCUT2D eigenvalue weighted by Crippen LogP contribution is 2.25. The molecule has 0 spiro atoms. The lowest BCUT2D eigenvalue weighted by atomic mass is 9.87. The zero-order chi connectivity index (χ0) is 14.3. The smallest absolute Gasteiger partial charge is 0.0412 e. The summed E-state index contributed by atoms with van der Waals surface area (Å²) in [7, 11) is 0. The molecule has 0 nitrogen and oxygen atoms in total. The highest BCUT2D eigenvalue weighted by atomic mass is 14.2. The maximum atomic E-state index is 2.39. The SMILES string of the molecule is CCCCCCCC(CCCCCCC)CC(C)C. The van der Waals surface area contributed by atoms with Gasteiger partial charge in [-0.05, 0) is 18.3 Å². The first-order valence-electron chi connectivity index (χ1n) is 9.20. The molecule has 0 heteroatoms. The second-order valence-corrected chi connectivity index (χ2v) is 6.90. The van der Waals surface area contributed by atoms with Gasteiger partial charge in [0.15, 0.2) is 0 Å². The Labute approximate surface area is 123 Å². The highest BCUT2D eigenvalue weighted by molar-refractivity contribution is 4.63. The van der Waals surface area contributed by atoms with Gasteiger partial charge in [0.1, 0.15) is 0 Å². The first-order chi connectivity index (χ1) is 9.20. The van der Waals surface area contributed by atoms with Crippen LogP contribution in [0.15, 0.2) is 0 Å². The zero-order valence-corrected chi connectivity index (χ0v) is 14.3. The molecule has 0 radical (unpaired) electrons. The van der Waals surface area contributed by atoms with Gasteiger partial charge in [-0.2, -0.15) is 0 Å². The Balaban J connectivity index is 3.63. The average Bonchev–Trinajstić information content (AvgIpc) is 2.37. The monoisotopic (exact) mass is 268 g/mol. The lowest BCUT2D eigenvalue weighted by Gasteiger charge is -2.19. The molecule has 19 heavy (non-hydrogen) atoms. The second-order valence-electron chi connectivity index (χ2n) is 6.90. The highest BCUT2D eigenvalue weighted by Gasteiger charge is 2.10. The van der Waals surface area contributed by atoms with E-state index in [4.69, 9.17) is 0 Å². The van der Waals surface area contributed by atoms with Gasteiger partial charge < -0.3 is 0 Å². The van der Waals surface area contributed by atoms with Crippen molar-refractivity contribution in [1.29, 1.82) is 0 Å². The Morgan fingerprint density at radius 3 is 1.37 bits per heavy atom. The fourth-order valence-corrected chi connectivity index (χ4v) is 3.12. The van der Waals surface area contributed by atoms with E-state index in [1.54, 1.807) is 0 Å². The maximum absolute atomic E-state index is 2.39. The van der Waals surface area contributed by atoms with Crippen LogP contribution in [0.3, 0.4) is 0 Å². The first-order valence-corrected chi connectivity index (χ1v) is 9.20. The van der Waals surface area contributed by atoms with Crippen LogP contribution >= 0.6 is 0 Å². The van der Waals surface area contributed by atoms with E-state index in [2.05, 4.69) is 27.7 Å². The fraction of sp³-hybridized carbons (Fsp3) is 1.00. The summed E-state index contributed by atoms with van der Waals surface area (Å²) >= 11 is 0. The van der Waals surface area contributed by atoms with E-state index in [1.165, 1.54) is 83.5 Å². The van der Waals surface area contributed by atoms with Crippen molar-refractivity contribution >= 4 is 0 Å². The molecule has 0 aliphatic carbocycles. The summed E-state index contributed by atoms with van der Waals surface area (Å²) in [5.41, 5.74) is 0. The third-order valence-corrected chi connectivity index (χ3v) is 4.24. The van der Waals surface area contributed by atoms with Crippen LogP contribution in [0.4, 0.5) is 0 Å². The molecule has 0 atom stereocenters. The van der Waals surface area contributed by atoms with Crippen molar-refractivity contribution in [3.63, 3.8) is 0 Å². The topological polar surface area (TPSA) is 0 Å². The largest absolute Gasteiger partial charge is 0.0654 e. The van der Waals surface area contributed by atoms with Crippen molar-refractivity contribution in [3.05, 3.63) is 0 Å². The number of hydrogen-bond acceptors (Lipinski definition) is 0. The molecule has 116 valence electrons. The van der Waals surface area contributed by atoms with Crippen LogP contribution in [0.25, 0.3) is 0 Å². The van der Waals surface area contributed by atoms with Crippen LogP contribution in [0.1, 0.15) is 111 Å². The van der Waals surface area contributed by atoms with E-state index in [0.717, 1.165) is 11.8 Å². The Kier molecular flexibility index (Phi) is 14.4. The number of unbranched alkanes of at least 4 members (excludes halogenated alkanes) is 8. The van der Waals surface area contributed by atoms with Crippen molar-refractivity contribution in [2.24, 2.45) is 11.8 Å². The Morgan fingerprint density at radius 1 is 0.579 bits per heavy atom. The van der Waals surface area contributed by atoms with Crippen LogP contribution in [0.2, 0.25) is 0 Å². The number of rotatable bonds is 14. The van der Waals surface area contributed by atoms with E-state index >= 15 is 0 Å². The third-order valence-electron chi connectivity index (χ3n) is 4.24. The molecular weight excluding hydrogens is 228 g/mol. The quantitative estimate of drug-likeness (QED) is 0.288. The third kappa shape index (κ3) is 14.2. The van der Waals surface area contributed by atoms with Gasteiger partial charge >= 0.3 is 0 Å². The lowest BCUT2D eigenvalue weighted by molar-refractivity contribution is 0.339. The molecule has 0 aliphatic heterocycles. The first kappa shape index (κ1) is 19.0. The molecule has 0 fully saturated rings. The van der Waals surface area contributed by atoms with Crippen LogP contribution in [-0.2, 0) is 0 Å². The minimum Gasteiger partial charge on any atom is -0.0654 e. The Hall–Kier alpha value is 0. The van der Waals surface area contributed by atoms with Crippen molar-refractivity contribution in [2.75, 3.05) is 0 Å². The predicted molar refractivity (Wildman–Crippen MR) is 89.7 cm³/mol. The van der Waals surface area contributed by atoms with E-state index < -0.39 is 0 Å². The Morgan fingerprint density at radius 2 is 1.00 bits per heavy atom. The van der Waals surface area contributed by atoms with Gasteiger partial charge in [0, 0.05) is 0 Å². The van der Waals surface area contributed by atoms with E-state index in [0.29, 0.717) is 0 Å². The molecule has 0 aromatic heterocycles. The van der Waals surface area contributed by atoms with Crippen molar-refractivity contribution < 1.29 is 0 Å². The molecule has 0 saturated carbocycles. The molecule has 0 aliphatic rings. The molecular formula is C19H40. The lowest BCUT2D eigenvalue weighted by Crippen LogP contribution is -2.05. The fourth-order valence-electron chi connectivity index (χ4n) is 3.12. The van der Waals surface area contributed by atoms with E-state index in [-0.39, 0.29) is 0 Å². The molecule has 0 aromatic rings. The van der Waals surface area contributed by atoms with E-state index in [9.17, 15) is 0 Å². The minimum atomic E-state index is 0.885. The summed E-state index contributed by atoms with van der Waals surface area (Å²) in [6, 6.07) is 0. The summed E-state index contributed by atoms with van der Waals surface area (Å²) in [4.78, 5) is 0. The number of hydrogen-bond donors (Lipinski definition) is 0. The van der Waals surface area contributed by atoms with Gasteiger partial charge in [-0.1, -0.05) is 105 Å². The summed E-state index contributed by atoms with van der Waals surface area (Å²) in [6.45, 7) is 9.39. The summed E-state index contributed by atoms with van der Waals surface area (Å²) < 4.78 is 0. The molecule has 0 bridgehead atoms. The van der Waals surface area contributed by atoms with Crippen LogP contribution in [-0.4, -0.2) is 0 Å². The van der Waals surface area contributed by atoms with Gasteiger partial charge in [-0.3, -0.25) is 0 Å². The second kappa shape index (κ2) is 14.4. The predicted octanol–water partition coefficient (Wildman–Crippen LogP) is 7.37. The standard InChI is InChI=1S/C19H40/c1-5-7-9-11-13-15-19(17-18(3)4)16-14-12-10-8-6-2/h18-19H,5-17H2,1-4H3. The molecule has 0 N–H and O–H groups in total.